The molecule has 2 rings (SSSR count). The first-order chi connectivity index (χ1) is 7.16. The van der Waals surface area contributed by atoms with E-state index in [4.69, 9.17) is 0 Å². The first-order valence-corrected chi connectivity index (χ1v) is 5.28. The summed E-state index contributed by atoms with van der Waals surface area (Å²) in [4.78, 5) is 10.8. The van der Waals surface area contributed by atoms with Crippen molar-refractivity contribution in [1.29, 1.82) is 0 Å². The Hall–Kier alpha value is -0.940. The van der Waals surface area contributed by atoms with Crippen LogP contribution >= 0.6 is 32.9 Å². The second-order valence-electron chi connectivity index (χ2n) is 3.27. The van der Waals surface area contributed by atoms with E-state index >= 15 is 0 Å². The van der Waals surface area contributed by atoms with Crippen LogP contribution in [0.1, 0.15) is 5.56 Å². The number of aryl methyl sites for hydroxylation is 1. The molecule has 0 bridgehead atoms. The maximum atomic E-state index is 10.8. The summed E-state index contributed by atoms with van der Waals surface area (Å²) in [7, 11) is 0. The van der Waals surface area contributed by atoms with E-state index in [0.717, 1.165) is 15.7 Å². The Bertz CT molecular complexity index is 531. The average molecular weight is 346 g/mol. The van der Waals surface area contributed by atoms with Crippen LogP contribution in [0.25, 0.3) is 11.3 Å². The van der Waals surface area contributed by atoms with Crippen LogP contribution in [0.2, 0.25) is 0 Å². The summed E-state index contributed by atoms with van der Waals surface area (Å²) in [5, 5.41) is 6.37. The van der Waals surface area contributed by atoms with Gasteiger partial charge in [0.25, 0.3) is 5.56 Å². The highest BCUT2D eigenvalue weighted by Gasteiger charge is 2.01. The summed E-state index contributed by atoms with van der Waals surface area (Å²) in [6.07, 6.45) is 0. The molecule has 0 radical (unpaired) electrons. The van der Waals surface area contributed by atoms with Crippen LogP contribution < -0.4 is 5.56 Å². The van der Waals surface area contributed by atoms with Crippen molar-refractivity contribution < 1.29 is 0 Å². The van der Waals surface area contributed by atoms with Gasteiger partial charge in [-0.15, -0.1) is 17.0 Å². The molecule has 1 N–H and O–H groups in total. The van der Waals surface area contributed by atoms with Gasteiger partial charge in [-0.3, -0.25) is 4.79 Å². The molecule has 0 atom stereocenters. The van der Waals surface area contributed by atoms with Crippen molar-refractivity contribution in [3.05, 3.63) is 50.7 Å². The van der Waals surface area contributed by atoms with Gasteiger partial charge < -0.3 is 0 Å². The monoisotopic (exact) mass is 344 g/mol. The number of hydrogen-bond acceptors (Lipinski definition) is 2. The highest BCUT2D eigenvalue weighted by Crippen LogP contribution is 2.23. The first kappa shape index (κ1) is 13.1. The van der Waals surface area contributed by atoms with Gasteiger partial charge in [-0.1, -0.05) is 28.1 Å². The fourth-order valence-electron chi connectivity index (χ4n) is 1.26. The molecule has 0 fully saturated rings. The van der Waals surface area contributed by atoms with Gasteiger partial charge >= 0.3 is 0 Å². The summed E-state index contributed by atoms with van der Waals surface area (Å²) in [5.41, 5.74) is 2.71. The van der Waals surface area contributed by atoms with Gasteiger partial charge in [0, 0.05) is 16.1 Å². The van der Waals surface area contributed by atoms with E-state index in [1.807, 2.05) is 25.1 Å². The van der Waals surface area contributed by atoms with Gasteiger partial charge in [-0.25, -0.2) is 5.10 Å². The molecule has 5 heteroatoms. The van der Waals surface area contributed by atoms with Crippen LogP contribution in [0.5, 0.6) is 0 Å². The predicted octanol–water partition coefficient (Wildman–Crippen LogP) is 3.09. The van der Waals surface area contributed by atoms with Crippen molar-refractivity contribution in [2.24, 2.45) is 0 Å². The van der Waals surface area contributed by atoms with Gasteiger partial charge in [0.05, 0.1) is 5.69 Å². The average Bonchev–Trinajstić information content (AvgIpc) is 2.23. The van der Waals surface area contributed by atoms with Crippen molar-refractivity contribution in [2.75, 3.05) is 0 Å². The second kappa shape index (κ2) is 5.41. The molecule has 1 aromatic carbocycles. The summed E-state index contributed by atoms with van der Waals surface area (Å²) >= 11 is 3.46. The topological polar surface area (TPSA) is 45.8 Å². The molecule has 1 aromatic heterocycles. The third-order valence-corrected chi connectivity index (χ3v) is 3.00. The number of halogens is 2. The minimum atomic E-state index is -0.190. The number of nitrogens with one attached hydrogen (secondary N) is 1. The Morgan fingerprint density at radius 1 is 1.25 bits per heavy atom. The fourth-order valence-corrected chi connectivity index (χ4v) is 1.64. The minimum absolute atomic E-state index is 0. The van der Waals surface area contributed by atoms with Crippen molar-refractivity contribution >= 4 is 32.9 Å². The Morgan fingerprint density at radius 2 is 2.00 bits per heavy atom. The molecule has 0 aliphatic carbocycles. The van der Waals surface area contributed by atoms with Crippen LogP contribution in [-0.4, -0.2) is 10.2 Å². The van der Waals surface area contributed by atoms with Crippen LogP contribution in [0.3, 0.4) is 0 Å². The smallest absolute Gasteiger partial charge is 0.264 e. The Kier molecular flexibility index (Phi) is 4.44. The number of rotatable bonds is 1. The van der Waals surface area contributed by atoms with Crippen molar-refractivity contribution in [3.63, 3.8) is 0 Å². The molecule has 0 aliphatic heterocycles. The molecule has 0 unspecified atom stereocenters. The molecule has 0 saturated heterocycles. The molecular formula is C11H10Br2N2O. The second-order valence-corrected chi connectivity index (χ2v) is 4.12. The number of aromatic nitrogens is 2. The third kappa shape index (κ3) is 2.80. The molecule has 3 nitrogen and oxygen atoms in total. The summed E-state index contributed by atoms with van der Waals surface area (Å²) in [5.74, 6) is 0. The lowest BCUT2D eigenvalue weighted by molar-refractivity contribution is 0.995. The zero-order chi connectivity index (χ0) is 10.8. The summed E-state index contributed by atoms with van der Waals surface area (Å²) in [6, 6.07) is 9.13. The van der Waals surface area contributed by atoms with E-state index in [2.05, 4.69) is 26.1 Å². The third-order valence-electron chi connectivity index (χ3n) is 2.15. The van der Waals surface area contributed by atoms with E-state index in [1.54, 1.807) is 6.07 Å². The zero-order valence-corrected chi connectivity index (χ0v) is 11.8. The van der Waals surface area contributed by atoms with Crippen LogP contribution in [0, 0.1) is 6.92 Å². The Morgan fingerprint density at radius 3 is 2.56 bits per heavy atom. The Labute approximate surface area is 112 Å². The van der Waals surface area contributed by atoms with E-state index in [1.165, 1.54) is 11.6 Å². The van der Waals surface area contributed by atoms with Gasteiger partial charge in [-0.2, -0.15) is 5.10 Å². The SMILES string of the molecule is Br.Cc1ccc(-c2ccc(=O)[nH]n2)cc1Br. The molecule has 1 heterocycles. The predicted molar refractivity (Wildman–Crippen MR) is 73.1 cm³/mol. The number of aromatic amines is 1. The first-order valence-electron chi connectivity index (χ1n) is 4.49. The Balaban J connectivity index is 0.00000128. The van der Waals surface area contributed by atoms with Crippen LogP contribution in [-0.2, 0) is 0 Å². The van der Waals surface area contributed by atoms with Gasteiger partial charge in [0.2, 0.25) is 0 Å². The van der Waals surface area contributed by atoms with E-state index in [9.17, 15) is 4.79 Å². The van der Waals surface area contributed by atoms with Crippen molar-refractivity contribution in [2.45, 2.75) is 6.92 Å². The normalized spacial score (nSPS) is 9.62. The van der Waals surface area contributed by atoms with Crippen LogP contribution in [0.15, 0.2) is 39.6 Å². The molecule has 84 valence electrons. The molecule has 0 spiro atoms. The lowest BCUT2D eigenvalue weighted by atomic mass is 10.1. The van der Waals surface area contributed by atoms with Crippen molar-refractivity contribution in [1.82, 2.24) is 10.2 Å². The van der Waals surface area contributed by atoms with Crippen LogP contribution in [0.4, 0.5) is 0 Å². The largest absolute Gasteiger partial charge is 0.268 e. The highest BCUT2D eigenvalue weighted by molar-refractivity contribution is 9.10. The number of benzene rings is 1. The lowest BCUT2D eigenvalue weighted by Gasteiger charge is -2.02. The maximum absolute atomic E-state index is 10.8. The van der Waals surface area contributed by atoms with Crippen molar-refractivity contribution in [3.8, 4) is 11.3 Å². The standard InChI is InChI=1S/C11H9BrN2O.BrH/c1-7-2-3-8(6-9(7)12)10-4-5-11(15)14-13-10;/h2-6H,1H3,(H,14,15);1H. The maximum Gasteiger partial charge on any atom is 0.264 e. The highest BCUT2D eigenvalue weighted by atomic mass is 79.9. The van der Waals surface area contributed by atoms with E-state index in [0.29, 0.717) is 0 Å². The molecule has 16 heavy (non-hydrogen) atoms. The summed E-state index contributed by atoms with van der Waals surface area (Å²) < 4.78 is 1.04. The fraction of sp³-hybridized carbons (Fsp3) is 0.0909. The van der Waals surface area contributed by atoms with Gasteiger partial charge in [-0.05, 0) is 24.6 Å². The molecule has 2 aromatic rings. The van der Waals surface area contributed by atoms with Gasteiger partial charge in [0.1, 0.15) is 0 Å². The van der Waals surface area contributed by atoms with E-state index < -0.39 is 0 Å². The quantitative estimate of drug-likeness (QED) is 0.863. The number of H-pyrrole nitrogens is 1. The molecule has 0 amide bonds. The molecule has 0 aliphatic rings. The zero-order valence-electron chi connectivity index (χ0n) is 8.53. The number of nitrogens with zero attached hydrogens (tertiary/aromatic N) is 1. The molecule has 0 saturated carbocycles. The summed E-state index contributed by atoms with van der Waals surface area (Å²) in [6.45, 7) is 2.02. The lowest BCUT2D eigenvalue weighted by Crippen LogP contribution is -2.05. The molecular weight excluding hydrogens is 336 g/mol. The number of hydrogen-bond donors (Lipinski definition) is 1. The van der Waals surface area contributed by atoms with Gasteiger partial charge in [0.15, 0.2) is 0 Å². The van der Waals surface area contributed by atoms with E-state index in [-0.39, 0.29) is 22.5 Å². The minimum Gasteiger partial charge on any atom is -0.268 e.